The Bertz CT molecular complexity index is 442. The molecule has 0 aliphatic heterocycles. The lowest BCUT2D eigenvalue weighted by Crippen LogP contribution is -2.40. The van der Waals surface area contributed by atoms with E-state index in [0.29, 0.717) is 12.5 Å². The second-order valence-corrected chi connectivity index (χ2v) is 6.18. The van der Waals surface area contributed by atoms with Crippen LogP contribution in [0.2, 0.25) is 5.02 Å². The normalized spacial score (nSPS) is 15.9. The number of nitrogens with two attached hydrogens (primary N) is 1. The average molecular weight is 295 g/mol. The SMILES string of the molecule is CC(CN)C(=O)N(CCc1ccc(Cl)cc1)CC1CC1. The Morgan fingerprint density at radius 3 is 2.60 bits per heavy atom. The van der Waals surface area contributed by atoms with Gasteiger partial charge in [-0.05, 0) is 42.9 Å². The second-order valence-electron chi connectivity index (χ2n) is 5.74. The molecule has 0 heterocycles. The van der Waals surface area contributed by atoms with Crippen molar-refractivity contribution in [1.82, 2.24) is 4.90 Å². The van der Waals surface area contributed by atoms with Crippen LogP contribution in [0.25, 0.3) is 0 Å². The maximum Gasteiger partial charge on any atom is 0.226 e. The first kappa shape index (κ1) is 15.3. The Morgan fingerprint density at radius 1 is 1.40 bits per heavy atom. The molecule has 1 aliphatic carbocycles. The van der Waals surface area contributed by atoms with Crippen molar-refractivity contribution in [1.29, 1.82) is 0 Å². The Hall–Kier alpha value is -1.06. The molecule has 1 fully saturated rings. The van der Waals surface area contributed by atoms with E-state index in [1.165, 1.54) is 18.4 Å². The van der Waals surface area contributed by atoms with Crippen LogP contribution in [0.15, 0.2) is 24.3 Å². The lowest BCUT2D eigenvalue weighted by molar-refractivity contribution is -0.134. The van der Waals surface area contributed by atoms with Crippen molar-refractivity contribution in [3.63, 3.8) is 0 Å². The lowest BCUT2D eigenvalue weighted by Gasteiger charge is -2.25. The Kier molecular flexibility index (Phi) is 5.44. The van der Waals surface area contributed by atoms with E-state index in [9.17, 15) is 4.79 Å². The van der Waals surface area contributed by atoms with Gasteiger partial charge in [0, 0.05) is 30.6 Å². The molecule has 0 spiro atoms. The van der Waals surface area contributed by atoms with Gasteiger partial charge in [0.25, 0.3) is 0 Å². The third-order valence-electron chi connectivity index (χ3n) is 3.85. The molecule has 4 heteroatoms. The highest BCUT2D eigenvalue weighted by Crippen LogP contribution is 2.30. The zero-order valence-corrected chi connectivity index (χ0v) is 12.8. The number of hydrogen-bond donors (Lipinski definition) is 1. The summed E-state index contributed by atoms with van der Waals surface area (Å²) in [6.45, 7) is 3.98. The first-order valence-electron chi connectivity index (χ1n) is 7.33. The van der Waals surface area contributed by atoms with Crippen LogP contribution < -0.4 is 5.73 Å². The van der Waals surface area contributed by atoms with Crippen molar-refractivity contribution < 1.29 is 4.79 Å². The van der Waals surface area contributed by atoms with Gasteiger partial charge in [-0.1, -0.05) is 30.7 Å². The number of hydrogen-bond acceptors (Lipinski definition) is 2. The summed E-state index contributed by atoms with van der Waals surface area (Å²) in [6.07, 6.45) is 3.37. The van der Waals surface area contributed by atoms with Crippen molar-refractivity contribution in [2.24, 2.45) is 17.6 Å². The Labute approximate surface area is 126 Å². The average Bonchev–Trinajstić information content (AvgIpc) is 3.27. The minimum absolute atomic E-state index is 0.0843. The van der Waals surface area contributed by atoms with Crippen LogP contribution in [0.4, 0.5) is 0 Å². The fourth-order valence-electron chi connectivity index (χ4n) is 2.23. The first-order valence-corrected chi connectivity index (χ1v) is 7.71. The van der Waals surface area contributed by atoms with Crippen molar-refractivity contribution in [2.75, 3.05) is 19.6 Å². The molecule has 0 radical (unpaired) electrons. The molecule has 3 nitrogen and oxygen atoms in total. The van der Waals surface area contributed by atoms with Crippen LogP contribution >= 0.6 is 11.6 Å². The van der Waals surface area contributed by atoms with Crippen LogP contribution in [0.3, 0.4) is 0 Å². The Balaban J connectivity index is 1.92. The topological polar surface area (TPSA) is 46.3 Å². The summed E-state index contributed by atoms with van der Waals surface area (Å²) in [6, 6.07) is 7.84. The zero-order chi connectivity index (χ0) is 14.5. The number of benzene rings is 1. The molecule has 20 heavy (non-hydrogen) atoms. The van der Waals surface area contributed by atoms with Gasteiger partial charge in [0.15, 0.2) is 0 Å². The summed E-state index contributed by atoms with van der Waals surface area (Å²) in [5.74, 6) is 0.807. The van der Waals surface area contributed by atoms with E-state index in [2.05, 4.69) is 0 Å². The third-order valence-corrected chi connectivity index (χ3v) is 4.10. The lowest BCUT2D eigenvalue weighted by atomic mass is 10.1. The third kappa shape index (κ3) is 4.50. The molecule has 1 aromatic rings. The van der Waals surface area contributed by atoms with E-state index in [1.54, 1.807) is 0 Å². The fraction of sp³-hybridized carbons (Fsp3) is 0.562. The molecule has 2 N–H and O–H groups in total. The van der Waals surface area contributed by atoms with Gasteiger partial charge in [0.2, 0.25) is 5.91 Å². The molecule has 0 aromatic heterocycles. The van der Waals surface area contributed by atoms with Gasteiger partial charge in [-0.2, -0.15) is 0 Å². The number of halogens is 1. The number of rotatable bonds is 7. The molecule has 1 aromatic carbocycles. The van der Waals surface area contributed by atoms with Gasteiger partial charge in [-0.25, -0.2) is 0 Å². The first-order chi connectivity index (χ1) is 9.60. The number of carbonyl (C=O) groups excluding carboxylic acids is 1. The van der Waals surface area contributed by atoms with E-state index in [-0.39, 0.29) is 11.8 Å². The summed E-state index contributed by atoms with van der Waals surface area (Å²) >= 11 is 5.88. The molecule has 1 unspecified atom stereocenters. The van der Waals surface area contributed by atoms with Crippen LogP contribution in [-0.2, 0) is 11.2 Å². The molecule has 1 amide bonds. The summed E-state index contributed by atoms with van der Waals surface area (Å²) in [5.41, 5.74) is 6.83. The summed E-state index contributed by atoms with van der Waals surface area (Å²) in [5, 5.41) is 0.747. The Morgan fingerprint density at radius 2 is 2.05 bits per heavy atom. The van der Waals surface area contributed by atoms with Gasteiger partial charge in [0.05, 0.1) is 0 Å². The van der Waals surface area contributed by atoms with E-state index in [0.717, 1.165) is 24.5 Å². The molecular weight excluding hydrogens is 272 g/mol. The van der Waals surface area contributed by atoms with E-state index in [4.69, 9.17) is 17.3 Å². The van der Waals surface area contributed by atoms with Gasteiger partial charge in [-0.15, -0.1) is 0 Å². The van der Waals surface area contributed by atoms with Crippen molar-refractivity contribution in [2.45, 2.75) is 26.2 Å². The second kappa shape index (κ2) is 7.09. The highest BCUT2D eigenvalue weighted by molar-refractivity contribution is 6.30. The van der Waals surface area contributed by atoms with Crippen LogP contribution in [0, 0.1) is 11.8 Å². The number of amides is 1. The van der Waals surface area contributed by atoms with Gasteiger partial charge < -0.3 is 10.6 Å². The van der Waals surface area contributed by atoms with E-state index in [1.807, 2.05) is 36.1 Å². The standard InChI is InChI=1S/C16H23ClN2O/c1-12(10-18)16(20)19(11-14-2-3-14)9-8-13-4-6-15(17)7-5-13/h4-7,12,14H,2-3,8-11,18H2,1H3. The highest BCUT2D eigenvalue weighted by atomic mass is 35.5. The molecule has 0 bridgehead atoms. The van der Waals surface area contributed by atoms with Gasteiger partial charge in [-0.3, -0.25) is 4.79 Å². The minimum atomic E-state index is -0.0843. The molecule has 2 rings (SSSR count). The van der Waals surface area contributed by atoms with Crippen molar-refractivity contribution >= 4 is 17.5 Å². The maximum atomic E-state index is 12.3. The summed E-state index contributed by atoms with van der Waals surface area (Å²) in [7, 11) is 0. The maximum absolute atomic E-state index is 12.3. The molecule has 0 saturated heterocycles. The van der Waals surface area contributed by atoms with Crippen molar-refractivity contribution in [3.05, 3.63) is 34.9 Å². The predicted molar refractivity (Wildman–Crippen MR) is 82.7 cm³/mol. The van der Waals surface area contributed by atoms with E-state index < -0.39 is 0 Å². The van der Waals surface area contributed by atoms with Gasteiger partial charge >= 0.3 is 0 Å². The fourth-order valence-corrected chi connectivity index (χ4v) is 2.36. The van der Waals surface area contributed by atoms with E-state index >= 15 is 0 Å². The largest absolute Gasteiger partial charge is 0.342 e. The highest BCUT2D eigenvalue weighted by Gasteiger charge is 2.28. The number of carbonyl (C=O) groups is 1. The quantitative estimate of drug-likeness (QED) is 0.840. The molecule has 110 valence electrons. The summed E-state index contributed by atoms with van der Waals surface area (Å²) in [4.78, 5) is 14.3. The molecule has 1 saturated carbocycles. The monoisotopic (exact) mass is 294 g/mol. The molecular formula is C16H23ClN2O. The molecule has 1 atom stereocenters. The number of nitrogens with zero attached hydrogens (tertiary/aromatic N) is 1. The minimum Gasteiger partial charge on any atom is -0.342 e. The van der Waals surface area contributed by atoms with Crippen LogP contribution in [-0.4, -0.2) is 30.4 Å². The predicted octanol–water partition coefficient (Wildman–Crippen LogP) is 2.72. The van der Waals surface area contributed by atoms with Crippen LogP contribution in [0.5, 0.6) is 0 Å². The van der Waals surface area contributed by atoms with Crippen molar-refractivity contribution in [3.8, 4) is 0 Å². The molecule has 1 aliphatic rings. The van der Waals surface area contributed by atoms with Gasteiger partial charge in [0.1, 0.15) is 0 Å². The smallest absolute Gasteiger partial charge is 0.226 e. The van der Waals surface area contributed by atoms with Crippen LogP contribution in [0.1, 0.15) is 25.3 Å². The zero-order valence-electron chi connectivity index (χ0n) is 12.0. The summed E-state index contributed by atoms with van der Waals surface area (Å²) < 4.78 is 0.